The number of nitrogens with one attached hydrogen (secondary N) is 2. The van der Waals surface area contributed by atoms with Crippen LogP contribution in [0, 0.1) is 5.82 Å². The summed E-state index contributed by atoms with van der Waals surface area (Å²) >= 11 is 0.686. The summed E-state index contributed by atoms with van der Waals surface area (Å²) in [6.07, 6.45) is 0. The fraction of sp³-hybridized carbons (Fsp3) is 0.154. The minimum atomic E-state index is -4.00. The van der Waals surface area contributed by atoms with Crippen LogP contribution in [0.5, 0.6) is 0 Å². The number of aromatic nitrogens is 4. The van der Waals surface area contributed by atoms with Crippen molar-refractivity contribution < 1.29 is 22.0 Å². The van der Waals surface area contributed by atoms with Crippen molar-refractivity contribution in [3.05, 3.63) is 36.0 Å². The number of hydrogen-bond donors (Lipinski definition) is 2. The summed E-state index contributed by atoms with van der Waals surface area (Å²) in [6.45, 7) is 0.940. The van der Waals surface area contributed by atoms with Gasteiger partial charge in [0.25, 0.3) is 15.9 Å². The molecule has 0 atom stereocenters. The molecule has 0 fully saturated rings. The average molecular weight is 398 g/mol. The van der Waals surface area contributed by atoms with Gasteiger partial charge >= 0.3 is 0 Å². The number of carbonyl (C=O) groups is 1. The van der Waals surface area contributed by atoms with Crippen LogP contribution < -0.4 is 10.0 Å². The van der Waals surface area contributed by atoms with Crippen molar-refractivity contribution in [2.45, 2.75) is 17.8 Å². The predicted molar refractivity (Wildman–Crippen MR) is 87.9 cm³/mol. The lowest BCUT2D eigenvalue weighted by molar-refractivity contribution is -0.114. The highest BCUT2D eigenvalue weighted by molar-refractivity contribution is 7.91. The molecular weight excluding hydrogens is 387 g/mol. The van der Waals surface area contributed by atoms with Gasteiger partial charge in [-0.3, -0.25) is 4.79 Å². The first-order valence-corrected chi connectivity index (χ1v) is 9.33. The summed E-state index contributed by atoms with van der Waals surface area (Å²) < 4.78 is 45.2. The molecule has 3 aromatic rings. The van der Waals surface area contributed by atoms with Crippen molar-refractivity contribution in [1.29, 1.82) is 0 Å². The van der Waals surface area contributed by atoms with E-state index in [1.807, 2.05) is 0 Å². The Labute approximate surface area is 150 Å². The van der Waals surface area contributed by atoms with E-state index in [9.17, 15) is 17.6 Å². The van der Waals surface area contributed by atoms with Gasteiger partial charge in [0.15, 0.2) is 0 Å². The Balaban J connectivity index is 1.70. The second kappa shape index (κ2) is 7.23. The van der Waals surface area contributed by atoms with Crippen LogP contribution in [-0.2, 0) is 21.4 Å². The lowest BCUT2D eigenvalue weighted by Crippen LogP contribution is -2.23. The zero-order chi connectivity index (χ0) is 18.7. The number of nitrogens with zero attached hydrogens (tertiary/aromatic N) is 4. The van der Waals surface area contributed by atoms with E-state index in [1.54, 1.807) is 6.07 Å². The molecule has 1 amide bonds. The second-order valence-electron chi connectivity index (χ2n) is 4.86. The van der Waals surface area contributed by atoms with Gasteiger partial charge in [-0.1, -0.05) is 23.5 Å². The van der Waals surface area contributed by atoms with Gasteiger partial charge in [-0.2, -0.15) is 4.72 Å². The minimum absolute atomic E-state index is 0.0532. The van der Waals surface area contributed by atoms with Crippen LogP contribution in [0.3, 0.4) is 0 Å². The van der Waals surface area contributed by atoms with Crippen molar-refractivity contribution >= 4 is 32.4 Å². The Morgan fingerprint density at radius 2 is 2.00 bits per heavy atom. The molecule has 0 bridgehead atoms. The highest BCUT2D eigenvalue weighted by atomic mass is 32.2. The number of benzene rings is 1. The van der Waals surface area contributed by atoms with E-state index in [-0.39, 0.29) is 33.4 Å². The van der Waals surface area contributed by atoms with Crippen LogP contribution in [0.15, 0.2) is 33.0 Å². The number of sulfonamides is 1. The van der Waals surface area contributed by atoms with E-state index in [2.05, 4.69) is 30.4 Å². The maximum atomic E-state index is 13.7. The van der Waals surface area contributed by atoms with Gasteiger partial charge in [0.2, 0.25) is 21.3 Å². The number of carbonyl (C=O) groups excluding carboxylic acids is 1. The van der Waals surface area contributed by atoms with Crippen LogP contribution in [0.1, 0.15) is 12.8 Å². The molecule has 2 N–H and O–H groups in total. The average Bonchev–Trinajstić information content (AvgIpc) is 3.23. The van der Waals surface area contributed by atoms with Crippen LogP contribution in [-0.4, -0.2) is 34.7 Å². The van der Waals surface area contributed by atoms with E-state index in [0.717, 1.165) is 0 Å². The van der Waals surface area contributed by atoms with E-state index < -0.39 is 21.7 Å². The molecule has 2 heterocycles. The zero-order valence-electron chi connectivity index (χ0n) is 13.1. The fourth-order valence-electron chi connectivity index (χ4n) is 1.81. The molecule has 0 aliphatic heterocycles. The molecule has 0 unspecified atom stereocenters. The summed E-state index contributed by atoms with van der Waals surface area (Å²) in [5, 5.41) is 16.8. The van der Waals surface area contributed by atoms with Gasteiger partial charge in [-0.05, 0) is 12.1 Å². The van der Waals surface area contributed by atoms with Gasteiger partial charge in [-0.25, -0.2) is 12.8 Å². The topological polar surface area (TPSA) is 140 Å². The second-order valence-corrected chi connectivity index (χ2v) is 7.78. The van der Waals surface area contributed by atoms with Gasteiger partial charge in [0.05, 0.1) is 12.1 Å². The van der Waals surface area contributed by atoms with Gasteiger partial charge in [0, 0.05) is 6.92 Å². The first-order chi connectivity index (χ1) is 12.3. The molecule has 0 saturated carbocycles. The Bertz CT molecular complexity index is 1050. The third-order valence-electron chi connectivity index (χ3n) is 2.90. The first-order valence-electron chi connectivity index (χ1n) is 7.03. The largest absolute Gasteiger partial charge is 0.419 e. The van der Waals surface area contributed by atoms with E-state index in [0.29, 0.717) is 11.3 Å². The van der Waals surface area contributed by atoms with E-state index >= 15 is 0 Å². The third-order valence-corrected chi connectivity index (χ3v) is 5.51. The maximum absolute atomic E-state index is 13.7. The molecule has 0 saturated heterocycles. The highest BCUT2D eigenvalue weighted by Crippen LogP contribution is 2.22. The summed E-state index contributed by atoms with van der Waals surface area (Å²) in [5.41, 5.74) is 0.109. The van der Waals surface area contributed by atoms with Gasteiger partial charge < -0.3 is 9.73 Å². The summed E-state index contributed by atoms with van der Waals surface area (Å²) in [5.74, 6) is -1.06. The normalized spacial score (nSPS) is 11.5. The van der Waals surface area contributed by atoms with Crippen molar-refractivity contribution in [3.63, 3.8) is 0 Å². The Kier molecular flexibility index (Phi) is 5.01. The molecule has 2 aromatic heterocycles. The van der Waals surface area contributed by atoms with Crippen molar-refractivity contribution in [3.8, 4) is 11.5 Å². The highest BCUT2D eigenvalue weighted by Gasteiger charge is 2.22. The van der Waals surface area contributed by atoms with Crippen LogP contribution in [0.25, 0.3) is 11.5 Å². The lowest BCUT2D eigenvalue weighted by atomic mass is 10.2. The molecule has 0 aliphatic rings. The number of halogens is 1. The van der Waals surface area contributed by atoms with Gasteiger partial charge in [-0.15, -0.1) is 20.4 Å². The smallest absolute Gasteiger partial charge is 0.270 e. The molecule has 13 heteroatoms. The van der Waals surface area contributed by atoms with Crippen molar-refractivity contribution in [2.75, 3.05) is 5.32 Å². The quantitative estimate of drug-likeness (QED) is 0.590. The maximum Gasteiger partial charge on any atom is 0.270 e. The lowest BCUT2D eigenvalue weighted by Gasteiger charge is -1.99. The van der Waals surface area contributed by atoms with Gasteiger partial charge in [0.1, 0.15) is 5.82 Å². The SMILES string of the molecule is CC(=O)Nc1nnc(S(=O)(=O)NCc2nnc(-c3ccccc3F)o2)s1. The molecule has 10 nitrogen and oxygen atoms in total. The number of anilines is 1. The standard InChI is InChI=1S/C13H11FN6O4S2/c1-7(21)16-12-19-20-13(25-12)26(22,23)15-6-10-17-18-11(24-10)8-4-2-3-5-9(8)14/h2-5,15H,6H2,1H3,(H,16,19,21). The molecule has 0 radical (unpaired) electrons. The number of amides is 1. The molecule has 0 aliphatic carbocycles. The van der Waals surface area contributed by atoms with Crippen LogP contribution in [0.4, 0.5) is 9.52 Å². The van der Waals surface area contributed by atoms with Crippen LogP contribution >= 0.6 is 11.3 Å². The summed E-state index contributed by atoms with van der Waals surface area (Å²) in [7, 11) is -4.00. The number of hydrogen-bond acceptors (Lipinski definition) is 9. The van der Waals surface area contributed by atoms with Crippen LogP contribution in [0.2, 0.25) is 0 Å². The predicted octanol–water partition coefficient (Wildman–Crippen LogP) is 1.16. The Morgan fingerprint density at radius 3 is 2.73 bits per heavy atom. The monoisotopic (exact) mass is 398 g/mol. The molecular formula is C13H11FN6O4S2. The molecule has 136 valence electrons. The molecule has 0 spiro atoms. The van der Waals surface area contributed by atoms with E-state index in [1.165, 1.54) is 25.1 Å². The summed E-state index contributed by atoms with van der Waals surface area (Å²) in [6, 6.07) is 5.82. The Morgan fingerprint density at radius 1 is 1.23 bits per heavy atom. The van der Waals surface area contributed by atoms with E-state index in [4.69, 9.17) is 4.42 Å². The molecule has 26 heavy (non-hydrogen) atoms. The molecule has 1 aromatic carbocycles. The fourth-order valence-corrected chi connectivity index (χ4v) is 3.77. The zero-order valence-corrected chi connectivity index (χ0v) is 14.8. The molecule has 3 rings (SSSR count). The van der Waals surface area contributed by atoms with Crippen molar-refractivity contribution in [1.82, 2.24) is 25.1 Å². The van der Waals surface area contributed by atoms with Crippen molar-refractivity contribution in [2.24, 2.45) is 0 Å². The third kappa shape index (κ3) is 4.07. The Hall–Kier alpha value is -2.77. The minimum Gasteiger partial charge on any atom is -0.419 e. The number of rotatable bonds is 6. The first kappa shape index (κ1) is 18.0. The summed E-state index contributed by atoms with van der Waals surface area (Å²) in [4.78, 5) is 10.9.